The topological polar surface area (TPSA) is 43.1 Å². The molecule has 0 atom stereocenters. The van der Waals surface area contributed by atoms with E-state index in [1.807, 2.05) is 0 Å². The second kappa shape index (κ2) is 2.65. The number of hydrogen-bond acceptors (Lipinski definition) is 2. The molecule has 4 heteroatoms. The summed E-state index contributed by atoms with van der Waals surface area (Å²) in [6, 6.07) is 1.98. The van der Waals surface area contributed by atoms with Crippen LogP contribution in [0.25, 0.3) is 0 Å². The number of rotatable bonds is 1. The zero-order valence-electron chi connectivity index (χ0n) is 5.47. The fourth-order valence-electron chi connectivity index (χ4n) is 0.684. The van der Waals surface area contributed by atoms with Crippen molar-refractivity contribution < 1.29 is 13.6 Å². The Hall–Kier alpha value is -1.45. The molecule has 0 unspecified atom stereocenters. The monoisotopic (exact) mass is 157 g/mol. The Morgan fingerprint density at radius 3 is 2.55 bits per heavy atom. The number of carbonyl (C=O) groups is 1. The van der Waals surface area contributed by atoms with Crippen LogP contribution in [0.4, 0.5) is 14.5 Å². The van der Waals surface area contributed by atoms with Gasteiger partial charge in [-0.3, -0.25) is 4.79 Å². The summed E-state index contributed by atoms with van der Waals surface area (Å²) in [5.41, 5.74) is 4.57. The molecule has 0 aliphatic rings. The van der Waals surface area contributed by atoms with Gasteiger partial charge < -0.3 is 5.73 Å². The molecule has 1 aromatic carbocycles. The van der Waals surface area contributed by atoms with Gasteiger partial charge in [-0.05, 0) is 12.1 Å². The second-order valence-corrected chi connectivity index (χ2v) is 1.98. The van der Waals surface area contributed by atoms with Crippen LogP contribution in [-0.2, 0) is 0 Å². The third kappa shape index (κ3) is 1.19. The van der Waals surface area contributed by atoms with Crippen molar-refractivity contribution in [2.45, 2.75) is 0 Å². The van der Waals surface area contributed by atoms with E-state index in [-0.39, 0.29) is 5.56 Å². The van der Waals surface area contributed by atoms with Gasteiger partial charge in [-0.1, -0.05) is 0 Å². The van der Waals surface area contributed by atoms with Crippen LogP contribution < -0.4 is 5.73 Å². The van der Waals surface area contributed by atoms with Gasteiger partial charge >= 0.3 is 0 Å². The van der Waals surface area contributed by atoms with Crippen molar-refractivity contribution in [3.63, 3.8) is 0 Å². The molecular weight excluding hydrogens is 152 g/mol. The maximum absolute atomic E-state index is 12.5. The number of nitrogens with two attached hydrogens (primary N) is 1. The zero-order valence-corrected chi connectivity index (χ0v) is 5.47. The summed E-state index contributed by atoms with van der Waals surface area (Å²) in [4.78, 5) is 10.1. The third-order valence-corrected chi connectivity index (χ3v) is 1.29. The molecule has 0 amide bonds. The highest BCUT2D eigenvalue weighted by molar-refractivity contribution is 5.83. The predicted molar refractivity (Wildman–Crippen MR) is 36.2 cm³/mol. The van der Waals surface area contributed by atoms with Crippen LogP contribution in [0.2, 0.25) is 0 Å². The average Bonchev–Trinajstić information content (AvgIpc) is 2.01. The Morgan fingerprint density at radius 1 is 1.36 bits per heavy atom. The van der Waals surface area contributed by atoms with Crippen LogP contribution >= 0.6 is 0 Å². The summed E-state index contributed by atoms with van der Waals surface area (Å²) < 4.78 is 24.8. The highest BCUT2D eigenvalue weighted by Gasteiger charge is 2.08. The maximum atomic E-state index is 12.5. The summed E-state index contributed by atoms with van der Waals surface area (Å²) in [7, 11) is 0. The molecule has 58 valence electrons. The lowest BCUT2D eigenvalue weighted by atomic mass is 10.2. The molecule has 2 nitrogen and oxygen atoms in total. The van der Waals surface area contributed by atoms with E-state index in [4.69, 9.17) is 5.73 Å². The molecule has 1 aromatic rings. The number of anilines is 1. The third-order valence-electron chi connectivity index (χ3n) is 1.29. The number of nitrogen functional groups attached to an aromatic ring is 1. The standard InChI is InChI=1S/C7H5F2NO/c8-5-2-1-4(3-11)7(10)6(5)9/h1-3H,10H2. The highest BCUT2D eigenvalue weighted by Crippen LogP contribution is 2.16. The molecule has 0 aliphatic heterocycles. The van der Waals surface area contributed by atoms with E-state index in [0.29, 0.717) is 6.29 Å². The molecule has 0 fully saturated rings. The zero-order chi connectivity index (χ0) is 8.43. The van der Waals surface area contributed by atoms with Gasteiger partial charge in [0.2, 0.25) is 0 Å². The van der Waals surface area contributed by atoms with Crippen molar-refractivity contribution in [3.05, 3.63) is 29.3 Å². The van der Waals surface area contributed by atoms with Gasteiger partial charge in [0.15, 0.2) is 17.9 Å². The first-order chi connectivity index (χ1) is 5.16. The van der Waals surface area contributed by atoms with Gasteiger partial charge in [-0.15, -0.1) is 0 Å². The Labute approximate surface area is 61.6 Å². The van der Waals surface area contributed by atoms with Gasteiger partial charge in [-0.2, -0.15) is 0 Å². The van der Waals surface area contributed by atoms with E-state index in [9.17, 15) is 13.6 Å². The number of benzene rings is 1. The van der Waals surface area contributed by atoms with Crippen molar-refractivity contribution in [1.82, 2.24) is 0 Å². The fourth-order valence-corrected chi connectivity index (χ4v) is 0.684. The number of aldehydes is 1. The van der Waals surface area contributed by atoms with Crippen molar-refractivity contribution in [1.29, 1.82) is 0 Å². The Kier molecular flexibility index (Phi) is 1.85. The smallest absolute Gasteiger partial charge is 0.182 e. The van der Waals surface area contributed by atoms with Gasteiger partial charge in [0.1, 0.15) is 0 Å². The molecule has 0 spiro atoms. The molecule has 0 aromatic heterocycles. The minimum absolute atomic E-state index is 0.0381. The summed E-state index contributed by atoms with van der Waals surface area (Å²) in [5.74, 6) is -2.22. The highest BCUT2D eigenvalue weighted by atomic mass is 19.2. The predicted octanol–water partition coefficient (Wildman–Crippen LogP) is 1.36. The molecule has 0 saturated heterocycles. The average molecular weight is 157 g/mol. The first kappa shape index (κ1) is 7.65. The van der Waals surface area contributed by atoms with Crippen molar-refractivity contribution >= 4 is 12.0 Å². The molecule has 11 heavy (non-hydrogen) atoms. The van der Waals surface area contributed by atoms with Crippen molar-refractivity contribution in [2.24, 2.45) is 0 Å². The van der Waals surface area contributed by atoms with E-state index < -0.39 is 17.3 Å². The molecule has 2 N–H and O–H groups in total. The molecular formula is C7H5F2NO. The van der Waals surface area contributed by atoms with E-state index in [2.05, 4.69) is 0 Å². The largest absolute Gasteiger partial charge is 0.396 e. The van der Waals surface area contributed by atoms with Crippen LogP contribution in [0, 0.1) is 11.6 Å². The SMILES string of the molecule is Nc1c(C=O)ccc(F)c1F. The van der Waals surface area contributed by atoms with Crippen molar-refractivity contribution in [2.75, 3.05) is 5.73 Å². The molecule has 0 saturated carbocycles. The van der Waals surface area contributed by atoms with Crippen LogP contribution in [-0.4, -0.2) is 6.29 Å². The number of carbonyl (C=O) groups excluding carboxylic acids is 1. The minimum Gasteiger partial charge on any atom is -0.396 e. The number of halogens is 2. The molecule has 1 rings (SSSR count). The van der Waals surface area contributed by atoms with Crippen molar-refractivity contribution in [3.8, 4) is 0 Å². The lowest BCUT2D eigenvalue weighted by molar-refractivity contribution is 0.112. The van der Waals surface area contributed by atoms with Crippen LogP contribution in [0.3, 0.4) is 0 Å². The van der Waals surface area contributed by atoms with E-state index in [1.165, 1.54) is 0 Å². The van der Waals surface area contributed by atoms with Crippen LogP contribution in [0.1, 0.15) is 10.4 Å². The lowest BCUT2D eigenvalue weighted by Gasteiger charge is -1.99. The summed E-state index contributed by atoms with van der Waals surface area (Å²) >= 11 is 0. The fraction of sp³-hybridized carbons (Fsp3) is 0. The molecule has 0 bridgehead atoms. The van der Waals surface area contributed by atoms with Gasteiger partial charge in [0.25, 0.3) is 0 Å². The summed E-state index contributed by atoms with van der Waals surface area (Å²) in [5, 5.41) is 0. The van der Waals surface area contributed by atoms with Gasteiger partial charge in [0.05, 0.1) is 5.69 Å². The van der Waals surface area contributed by atoms with E-state index in [1.54, 1.807) is 0 Å². The minimum atomic E-state index is -1.17. The summed E-state index contributed by atoms with van der Waals surface area (Å²) in [6.45, 7) is 0. The second-order valence-electron chi connectivity index (χ2n) is 1.98. The number of hydrogen-bond donors (Lipinski definition) is 1. The van der Waals surface area contributed by atoms with Gasteiger partial charge in [-0.25, -0.2) is 8.78 Å². The molecule has 0 radical (unpaired) electrons. The lowest BCUT2D eigenvalue weighted by Crippen LogP contribution is -1.99. The Balaban J connectivity index is 3.36. The molecule has 0 heterocycles. The first-order valence-electron chi connectivity index (χ1n) is 2.85. The first-order valence-corrected chi connectivity index (χ1v) is 2.85. The summed E-state index contributed by atoms with van der Waals surface area (Å²) in [6.07, 6.45) is 0.373. The normalized spacial score (nSPS) is 9.64. The van der Waals surface area contributed by atoms with E-state index >= 15 is 0 Å². The van der Waals surface area contributed by atoms with Crippen LogP contribution in [0.5, 0.6) is 0 Å². The Bertz CT molecular complexity index is 299. The quantitative estimate of drug-likeness (QED) is 0.494. The molecule has 0 aliphatic carbocycles. The van der Waals surface area contributed by atoms with E-state index in [0.717, 1.165) is 12.1 Å². The maximum Gasteiger partial charge on any atom is 0.182 e. The van der Waals surface area contributed by atoms with Gasteiger partial charge in [0, 0.05) is 5.56 Å². The van der Waals surface area contributed by atoms with Crippen LogP contribution in [0.15, 0.2) is 12.1 Å². The Morgan fingerprint density at radius 2 is 2.00 bits per heavy atom.